The van der Waals surface area contributed by atoms with Crippen molar-refractivity contribution >= 4 is 5.97 Å². The van der Waals surface area contributed by atoms with Gasteiger partial charge >= 0.3 is 5.97 Å². The number of esters is 1. The smallest absolute Gasteiger partial charge is 0.318 e. The van der Waals surface area contributed by atoms with E-state index >= 15 is 0 Å². The fourth-order valence-electron chi connectivity index (χ4n) is 1.38. The summed E-state index contributed by atoms with van der Waals surface area (Å²) < 4.78 is 17.6. The molecule has 0 aromatic heterocycles. The van der Waals surface area contributed by atoms with Gasteiger partial charge in [-0.3, -0.25) is 4.79 Å². The van der Waals surface area contributed by atoms with Crippen LogP contribution >= 0.6 is 0 Å². The average Bonchev–Trinajstić information content (AvgIpc) is 2.29. The topological polar surface area (TPSA) is 46.5 Å². The number of carbonyl (C=O) groups excluding carboxylic acids is 1. The Morgan fingerprint density at radius 1 is 1.44 bits per heavy atom. The Bertz CT molecular complexity index is 361. The third-order valence-corrected chi connectivity index (χ3v) is 2.52. The minimum absolute atomic E-state index is 0.246. The van der Waals surface area contributed by atoms with Crippen LogP contribution in [0.1, 0.15) is 19.4 Å². The van der Waals surface area contributed by atoms with E-state index < -0.39 is 11.4 Å². The maximum atomic E-state index is 12.7. The molecule has 0 aliphatic rings. The number of carbonyl (C=O) groups is 1. The third-order valence-electron chi connectivity index (χ3n) is 2.52. The normalized spacial score (nSPS) is 14.2. The first-order valence-electron chi connectivity index (χ1n) is 5.08. The van der Waals surface area contributed by atoms with Gasteiger partial charge in [0.15, 0.2) is 0 Å². The SMILES string of the molecule is CCOC(=O)[C@](C)(CO)c1ccc(F)cc1. The Labute approximate surface area is 93.9 Å². The van der Waals surface area contributed by atoms with Crippen LogP contribution < -0.4 is 0 Å². The van der Waals surface area contributed by atoms with Crippen LogP contribution in [0.15, 0.2) is 24.3 Å². The number of hydrogen-bond donors (Lipinski definition) is 1. The van der Waals surface area contributed by atoms with Gasteiger partial charge in [0.2, 0.25) is 0 Å². The van der Waals surface area contributed by atoms with E-state index in [2.05, 4.69) is 0 Å². The fourth-order valence-corrected chi connectivity index (χ4v) is 1.38. The minimum atomic E-state index is -1.14. The molecule has 0 amide bonds. The molecule has 0 saturated heterocycles. The van der Waals surface area contributed by atoms with E-state index in [1.807, 2.05) is 0 Å². The molecule has 0 bridgehead atoms. The largest absolute Gasteiger partial charge is 0.465 e. The van der Waals surface area contributed by atoms with Crippen molar-refractivity contribution in [3.8, 4) is 0 Å². The average molecular weight is 226 g/mol. The standard InChI is InChI=1S/C12H15FO3/c1-3-16-11(15)12(2,8-14)9-4-6-10(13)7-5-9/h4-7,14H,3,8H2,1-2H3/t12-/m1/s1. The molecule has 0 spiro atoms. The van der Waals surface area contributed by atoms with Crippen molar-refractivity contribution in [2.45, 2.75) is 19.3 Å². The van der Waals surface area contributed by atoms with Gasteiger partial charge in [-0.2, -0.15) is 0 Å². The van der Waals surface area contributed by atoms with Gasteiger partial charge in [-0.15, -0.1) is 0 Å². The molecule has 1 rings (SSSR count). The summed E-state index contributed by atoms with van der Waals surface area (Å²) in [4.78, 5) is 11.7. The van der Waals surface area contributed by atoms with E-state index in [4.69, 9.17) is 4.74 Å². The van der Waals surface area contributed by atoms with Gasteiger partial charge < -0.3 is 9.84 Å². The predicted molar refractivity (Wildman–Crippen MR) is 57.5 cm³/mol. The molecule has 0 heterocycles. The molecule has 3 nitrogen and oxygen atoms in total. The van der Waals surface area contributed by atoms with E-state index in [0.717, 1.165) is 0 Å². The Balaban J connectivity index is 3.04. The van der Waals surface area contributed by atoms with Crippen LogP contribution in [0.4, 0.5) is 4.39 Å². The first-order valence-corrected chi connectivity index (χ1v) is 5.08. The summed E-state index contributed by atoms with van der Waals surface area (Å²) in [6.45, 7) is 3.13. The van der Waals surface area contributed by atoms with Gasteiger partial charge in [0.1, 0.15) is 11.2 Å². The Morgan fingerprint density at radius 3 is 2.44 bits per heavy atom. The molecule has 0 fully saturated rings. The number of aliphatic hydroxyl groups is 1. The monoisotopic (exact) mass is 226 g/mol. The number of ether oxygens (including phenoxy) is 1. The van der Waals surface area contributed by atoms with Crippen molar-refractivity contribution in [3.63, 3.8) is 0 Å². The molecule has 1 aromatic rings. The van der Waals surface area contributed by atoms with Gasteiger partial charge in [0.25, 0.3) is 0 Å². The van der Waals surface area contributed by atoms with Crippen LogP contribution in [0.5, 0.6) is 0 Å². The lowest BCUT2D eigenvalue weighted by Gasteiger charge is -2.25. The van der Waals surface area contributed by atoms with Crippen LogP contribution in [-0.4, -0.2) is 24.3 Å². The van der Waals surface area contributed by atoms with Crippen LogP contribution in [-0.2, 0) is 14.9 Å². The summed E-state index contributed by atoms with van der Waals surface area (Å²) in [7, 11) is 0. The van der Waals surface area contributed by atoms with Crippen molar-refractivity contribution in [1.29, 1.82) is 0 Å². The quantitative estimate of drug-likeness (QED) is 0.794. The summed E-state index contributed by atoms with van der Waals surface area (Å²) in [6, 6.07) is 5.45. The van der Waals surface area contributed by atoms with Crippen LogP contribution in [0.25, 0.3) is 0 Å². The first kappa shape index (κ1) is 12.6. The fraction of sp³-hybridized carbons (Fsp3) is 0.417. The Hall–Kier alpha value is -1.42. The number of rotatable bonds is 4. The van der Waals surface area contributed by atoms with Gasteiger partial charge in [-0.1, -0.05) is 12.1 Å². The predicted octanol–water partition coefficient (Wildman–Crippen LogP) is 1.64. The van der Waals surface area contributed by atoms with Crippen molar-refractivity contribution < 1.29 is 19.0 Å². The number of aliphatic hydroxyl groups excluding tert-OH is 1. The molecule has 1 aromatic carbocycles. The van der Waals surface area contributed by atoms with Crippen LogP contribution in [0, 0.1) is 5.82 Å². The highest BCUT2D eigenvalue weighted by Gasteiger charge is 2.36. The van der Waals surface area contributed by atoms with Crippen LogP contribution in [0.2, 0.25) is 0 Å². The molecule has 0 unspecified atom stereocenters. The lowest BCUT2D eigenvalue weighted by Crippen LogP contribution is -2.38. The van der Waals surface area contributed by atoms with E-state index in [-0.39, 0.29) is 19.0 Å². The summed E-state index contributed by atoms with van der Waals surface area (Å²) in [6.07, 6.45) is 0. The maximum Gasteiger partial charge on any atom is 0.318 e. The molecule has 16 heavy (non-hydrogen) atoms. The van der Waals surface area contributed by atoms with Gasteiger partial charge in [0.05, 0.1) is 13.2 Å². The second-order valence-electron chi connectivity index (χ2n) is 3.72. The number of hydrogen-bond acceptors (Lipinski definition) is 3. The number of halogens is 1. The molecular weight excluding hydrogens is 211 g/mol. The zero-order valence-corrected chi connectivity index (χ0v) is 9.37. The van der Waals surface area contributed by atoms with E-state index in [1.54, 1.807) is 13.8 Å². The summed E-state index contributed by atoms with van der Waals surface area (Å²) in [5, 5.41) is 9.31. The molecule has 0 radical (unpaired) electrons. The first-order chi connectivity index (χ1) is 7.54. The second-order valence-corrected chi connectivity index (χ2v) is 3.72. The Morgan fingerprint density at radius 2 is 2.00 bits per heavy atom. The molecule has 0 aliphatic heterocycles. The zero-order chi connectivity index (χ0) is 12.2. The summed E-state index contributed by atoms with van der Waals surface area (Å²) >= 11 is 0. The molecule has 0 saturated carbocycles. The molecule has 1 N–H and O–H groups in total. The zero-order valence-electron chi connectivity index (χ0n) is 9.37. The summed E-state index contributed by atoms with van der Waals surface area (Å²) in [5.74, 6) is -0.892. The molecule has 0 aliphatic carbocycles. The molecule has 1 atom stereocenters. The Kier molecular flexibility index (Phi) is 4.01. The van der Waals surface area contributed by atoms with Gasteiger partial charge in [-0.25, -0.2) is 4.39 Å². The lowest BCUT2D eigenvalue weighted by atomic mass is 9.83. The van der Waals surface area contributed by atoms with Crippen molar-refractivity contribution in [3.05, 3.63) is 35.6 Å². The minimum Gasteiger partial charge on any atom is -0.465 e. The highest BCUT2D eigenvalue weighted by Crippen LogP contribution is 2.25. The molecule has 4 heteroatoms. The van der Waals surface area contributed by atoms with Crippen molar-refractivity contribution in [2.75, 3.05) is 13.2 Å². The highest BCUT2D eigenvalue weighted by atomic mass is 19.1. The third kappa shape index (κ3) is 2.39. The number of benzene rings is 1. The lowest BCUT2D eigenvalue weighted by molar-refractivity contribution is -0.151. The van der Waals surface area contributed by atoms with Crippen LogP contribution in [0.3, 0.4) is 0 Å². The molecule has 88 valence electrons. The highest BCUT2D eigenvalue weighted by molar-refractivity contribution is 5.82. The van der Waals surface area contributed by atoms with E-state index in [1.165, 1.54) is 24.3 Å². The van der Waals surface area contributed by atoms with Gasteiger partial charge in [0, 0.05) is 0 Å². The van der Waals surface area contributed by atoms with E-state index in [9.17, 15) is 14.3 Å². The molecular formula is C12H15FO3. The van der Waals surface area contributed by atoms with Gasteiger partial charge in [-0.05, 0) is 31.5 Å². The summed E-state index contributed by atoms with van der Waals surface area (Å²) in [5.41, 5.74) is -0.598. The maximum absolute atomic E-state index is 12.7. The van der Waals surface area contributed by atoms with Crippen molar-refractivity contribution in [2.24, 2.45) is 0 Å². The van der Waals surface area contributed by atoms with E-state index in [0.29, 0.717) is 5.56 Å². The second kappa shape index (κ2) is 5.07. The van der Waals surface area contributed by atoms with Crippen molar-refractivity contribution in [1.82, 2.24) is 0 Å².